The molecule has 0 radical (unpaired) electrons. The van der Waals surface area contributed by atoms with Crippen LogP contribution in [0.4, 0.5) is 10.2 Å². The molecule has 0 N–H and O–H groups in total. The largest absolute Gasteiger partial charge is 0.354 e. The molecule has 1 saturated heterocycles. The Bertz CT molecular complexity index is 689. The molecule has 0 aromatic carbocycles. The van der Waals surface area contributed by atoms with E-state index in [-0.39, 0.29) is 5.82 Å². The van der Waals surface area contributed by atoms with Crippen molar-refractivity contribution in [1.82, 2.24) is 14.9 Å². The van der Waals surface area contributed by atoms with Crippen LogP contribution in [0.25, 0.3) is 0 Å². The summed E-state index contributed by atoms with van der Waals surface area (Å²) in [5.41, 5.74) is 1.51. The molecule has 0 saturated carbocycles. The monoisotopic (exact) mass is 297 g/mol. The van der Waals surface area contributed by atoms with Crippen molar-refractivity contribution in [3.8, 4) is 6.07 Å². The summed E-state index contributed by atoms with van der Waals surface area (Å²) in [6.45, 7) is 4.11. The van der Waals surface area contributed by atoms with Crippen LogP contribution in [0.2, 0.25) is 0 Å². The Labute approximate surface area is 128 Å². The number of aromatic nitrogens is 2. The zero-order chi connectivity index (χ0) is 15.4. The molecule has 0 amide bonds. The maximum atomic E-state index is 13.2. The summed E-state index contributed by atoms with van der Waals surface area (Å²) in [6, 6.07) is 7.18. The molecule has 0 unspecified atom stereocenters. The first-order chi connectivity index (χ1) is 10.7. The predicted molar refractivity (Wildman–Crippen MR) is 80.6 cm³/mol. The highest BCUT2D eigenvalue weighted by Gasteiger charge is 2.18. The van der Waals surface area contributed by atoms with E-state index in [9.17, 15) is 4.39 Å². The summed E-state index contributed by atoms with van der Waals surface area (Å²) < 4.78 is 13.2. The van der Waals surface area contributed by atoms with Crippen molar-refractivity contribution in [2.45, 2.75) is 6.54 Å². The average Bonchev–Trinajstić information content (AvgIpc) is 2.56. The first-order valence-corrected chi connectivity index (χ1v) is 7.17. The Kier molecular flexibility index (Phi) is 4.26. The van der Waals surface area contributed by atoms with Gasteiger partial charge in [-0.1, -0.05) is 0 Å². The van der Waals surface area contributed by atoms with E-state index in [2.05, 4.69) is 25.8 Å². The van der Waals surface area contributed by atoms with Crippen molar-refractivity contribution in [2.24, 2.45) is 0 Å². The fourth-order valence-corrected chi connectivity index (χ4v) is 2.60. The van der Waals surface area contributed by atoms with E-state index in [0.717, 1.165) is 37.6 Å². The van der Waals surface area contributed by atoms with Crippen LogP contribution < -0.4 is 4.90 Å². The summed E-state index contributed by atoms with van der Waals surface area (Å²) >= 11 is 0. The van der Waals surface area contributed by atoms with Gasteiger partial charge in [-0.2, -0.15) is 5.26 Å². The molecule has 3 heterocycles. The second kappa shape index (κ2) is 6.50. The normalized spacial score (nSPS) is 15.5. The van der Waals surface area contributed by atoms with E-state index in [1.807, 2.05) is 6.07 Å². The van der Waals surface area contributed by atoms with E-state index < -0.39 is 0 Å². The molecular weight excluding hydrogens is 281 g/mol. The lowest BCUT2D eigenvalue weighted by Crippen LogP contribution is -2.46. The first kappa shape index (κ1) is 14.4. The van der Waals surface area contributed by atoms with Crippen molar-refractivity contribution in [1.29, 1.82) is 5.26 Å². The van der Waals surface area contributed by atoms with Gasteiger partial charge in [-0.15, -0.1) is 0 Å². The number of hydrogen-bond acceptors (Lipinski definition) is 5. The van der Waals surface area contributed by atoms with Crippen molar-refractivity contribution in [2.75, 3.05) is 31.1 Å². The number of nitriles is 1. The Morgan fingerprint density at radius 2 is 2.00 bits per heavy atom. The van der Waals surface area contributed by atoms with Gasteiger partial charge in [-0.3, -0.25) is 9.88 Å². The minimum Gasteiger partial charge on any atom is -0.354 e. The zero-order valence-electron chi connectivity index (χ0n) is 12.1. The minimum atomic E-state index is -0.298. The Hall–Kier alpha value is -2.52. The second-order valence-corrected chi connectivity index (χ2v) is 5.29. The summed E-state index contributed by atoms with van der Waals surface area (Å²) in [5.74, 6) is 0.541. The van der Waals surface area contributed by atoms with Crippen LogP contribution in [0.3, 0.4) is 0 Å². The molecule has 1 aliphatic rings. The molecule has 0 aliphatic carbocycles. The Balaban J connectivity index is 1.59. The lowest BCUT2D eigenvalue weighted by atomic mass is 10.2. The van der Waals surface area contributed by atoms with Crippen LogP contribution in [0, 0.1) is 17.1 Å². The van der Waals surface area contributed by atoms with Gasteiger partial charge < -0.3 is 4.90 Å². The van der Waals surface area contributed by atoms with Gasteiger partial charge in [0.25, 0.3) is 0 Å². The van der Waals surface area contributed by atoms with E-state index >= 15 is 0 Å². The number of anilines is 1. The standard InChI is InChI=1S/C16H16FN5/c17-15-7-14(10-19-11-15)12-21-3-5-22(6-4-21)16-8-13(9-18)1-2-20-16/h1-2,7-8,10-11H,3-6,12H2. The predicted octanol–water partition coefficient (Wildman–Crippen LogP) is 1.81. The highest BCUT2D eigenvalue weighted by molar-refractivity contribution is 5.45. The lowest BCUT2D eigenvalue weighted by Gasteiger charge is -2.35. The van der Waals surface area contributed by atoms with Crippen LogP contribution in [0.1, 0.15) is 11.1 Å². The van der Waals surface area contributed by atoms with Crippen LogP contribution >= 0.6 is 0 Å². The molecule has 1 aliphatic heterocycles. The molecule has 1 fully saturated rings. The summed E-state index contributed by atoms with van der Waals surface area (Å²) in [7, 11) is 0. The van der Waals surface area contributed by atoms with Crippen LogP contribution in [-0.4, -0.2) is 41.0 Å². The maximum Gasteiger partial charge on any atom is 0.141 e. The molecule has 5 nitrogen and oxygen atoms in total. The van der Waals surface area contributed by atoms with Crippen LogP contribution in [-0.2, 0) is 6.54 Å². The molecule has 6 heteroatoms. The van der Waals surface area contributed by atoms with Crippen molar-refractivity contribution < 1.29 is 4.39 Å². The minimum absolute atomic E-state index is 0.298. The van der Waals surface area contributed by atoms with Gasteiger partial charge in [0.15, 0.2) is 0 Å². The number of pyridine rings is 2. The number of nitrogens with zero attached hydrogens (tertiary/aromatic N) is 5. The lowest BCUT2D eigenvalue weighted by molar-refractivity contribution is 0.248. The zero-order valence-corrected chi connectivity index (χ0v) is 12.1. The smallest absolute Gasteiger partial charge is 0.141 e. The van der Waals surface area contributed by atoms with Gasteiger partial charge in [-0.25, -0.2) is 9.37 Å². The van der Waals surface area contributed by atoms with Crippen molar-refractivity contribution in [3.05, 3.63) is 53.7 Å². The van der Waals surface area contributed by atoms with Crippen molar-refractivity contribution in [3.63, 3.8) is 0 Å². The van der Waals surface area contributed by atoms with Gasteiger partial charge in [0, 0.05) is 45.1 Å². The Morgan fingerprint density at radius 1 is 1.18 bits per heavy atom. The molecular formula is C16H16FN5. The number of rotatable bonds is 3. The molecule has 0 spiro atoms. The SMILES string of the molecule is N#Cc1ccnc(N2CCN(Cc3cncc(F)c3)CC2)c1. The number of hydrogen-bond donors (Lipinski definition) is 0. The highest BCUT2D eigenvalue weighted by Crippen LogP contribution is 2.16. The number of halogens is 1. The van der Waals surface area contributed by atoms with E-state index in [0.29, 0.717) is 12.1 Å². The first-order valence-electron chi connectivity index (χ1n) is 7.17. The second-order valence-electron chi connectivity index (χ2n) is 5.29. The Morgan fingerprint density at radius 3 is 2.73 bits per heavy atom. The van der Waals surface area contributed by atoms with Crippen LogP contribution in [0.5, 0.6) is 0 Å². The number of piperazine rings is 1. The topological polar surface area (TPSA) is 56.1 Å². The van der Waals surface area contributed by atoms with Gasteiger partial charge in [-0.05, 0) is 23.8 Å². The molecule has 0 bridgehead atoms. The fraction of sp³-hybridized carbons (Fsp3) is 0.312. The molecule has 112 valence electrons. The highest BCUT2D eigenvalue weighted by atomic mass is 19.1. The third-order valence-corrected chi connectivity index (χ3v) is 3.74. The third-order valence-electron chi connectivity index (χ3n) is 3.74. The summed E-state index contributed by atoms with van der Waals surface area (Å²) in [4.78, 5) is 12.6. The van der Waals surface area contributed by atoms with E-state index in [1.54, 1.807) is 18.5 Å². The van der Waals surface area contributed by atoms with Gasteiger partial charge in [0.05, 0.1) is 17.8 Å². The maximum absolute atomic E-state index is 13.2. The molecule has 2 aromatic rings. The summed E-state index contributed by atoms with van der Waals surface area (Å²) in [6.07, 6.45) is 4.58. The summed E-state index contributed by atoms with van der Waals surface area (Å²) in [5, 5.41) is 8.95. The molecule has 22 heavy (non-hydrogen) atoms. The van der Waals surface area contributed by atoms with Crippen molar-refractivity contribution >= 4 is 5.82 Å². The average molecular weight is 297 g/mol. The molecule has 2 aromatic heterocycles. The van der Waals surface area contributed by atoms with E-state index in [4.69, 9.17) is 5.26 Å². The van der Waals surface area contributed by atoms with Gasteiger partial charge >= 0.3 is 0 Å². The van der Waals surface area contributed by atoms with Gasteiger partial charge in [0.1, 0.15) is 11.6 Å². The molecule has 0 atom stereocenters. The fourth-order valence-electron chi connectivity index (χ4n) is 2.60. The third kappa shape index (κ3) is 3.38. The van der Waals surface area contributed by atoms with Crippen LogP contribution in [0.15, 0.2) is 36.8 Å². The molecule has 3 rings (SSSR count). The van der Waals surface area contributed by atoms with E-state index in [1.165, 1.54) is 12.3 Å². The quantitative estimate of drug-likeness (QED) is 0.865. The van der Waals surface area contributed by atoms with Gasteiger partial charge in [0.2, 0.25) is 0 Å².